The summed E-state index contributed by atoms with van der Waals surface area (Å²) in [5, 5.41) is 8.41. The fourth-order valence-electron chi connectivity index (χ4n) is 2.06. The summed E-state index contributed by atoms with van der Waals surface area (Å²) in [4.78, 5) is 24.2. The zero-order chi connectivity index (χ0) is 14.1. The van der Waals surface area contributed by atoms with Crippen LogP contribution >= 0.6 is 11.6 Å². The number of nitrogens with zero attached hydrogens (tertiary/aromatic N) is 2. The van der Waals surface area contributed by atoms with Gasteiger partial charge in [-0.05, 0) is 24.3 Å². The summed E-state index contributed by atoms with van der Waals surface area (Å²) in [5.41, 5.74) is 1.38. The standard InChI is InChI=1S/C15H9ClN2O2/c16-9-5-7-10(8-6-9)17-18-13-14(19)11-3-1-2-4-12(11)15(13)20/h1-8,13H. The Morgan fingerprint density at radius 2 is 1.40 bits per heavy atom. The Bertz CT molecular complexity index is 688. The first-order valence-electron chi connectivity index (χ1n) is 6.01. The highest BCUT2D eigenvalue weighted by Gasteiger charge is 2.38. The van der Waals surface area contributed by atoms with Gasteiger partial charge in [0.05, 0.1) is 5.69 Å². The lowest BCUT2D eigenvalue weighted by molar-refractivity contribution is 0.0891. The zero-order valence-corrected chi connectivity index (χ0v) is 11.0. The first kappa shape index (κ1) is 12.7. The Hall–Kier alpha value is -2.33. The fraction of sp³-hybridized carbons (Fsp3) is 0.0667. The van der Waals surface area contributed by atoms with Gasteiger partial charge in [0.25, 0.3) is 0 Å². The van der Waals surface area contributed by atoms with E-state index in [1.165, 1.54) is 0 Å². The van der Waals surface area contributed by atoms with Crippen LogP contribution in [0.25, 0.3) is 0 Å². The number of ketones is 2. The third kappa shape index (κ3) is 2.14. The van der Waals surface area contributed by atoms with Gasteiger partial charge in [-0.15, -0.1) is 0 Å². The van der Waals surface area contributed by atoms with Crippen LogP contribution in [0.3, 0.4) is 0 Å². The van der Waals surface area contributed by atoms with E-state index in [0.29, 0.717) is 21.8 Å². The molecule has 0 aliphatic heterocycles. The minimum Gasteiger partial charge on any atom is -0.291 e. The second kappa shape index (κ2) is 4.98. The SMILES string of the molecule is O=C1c2ccccc2C(=O)C1N=Nc1ccc(Cl)cc1. The van der Waals surface area contributed by atoms with Gasteiger partial charge >= 0.3 is 0 Å². The van der Waals surface area contributed by atoms with E-state index < -0.39 is 6.04 Å². The number of halogens is 1. The summed E-state index contributed by atoms with van der Waals surface area (Å²) in [5.74, 6) is -0.605. The highest BCUT2D eigenvalue weighted by atomic mass is 35.5. The van der Waals surface area contributed by atoms with Crippen molar-refractivity contribution in [1.29, 1.82) is 0 Å². The Morgan fingerprint density at radius 1 is 0.850 bits per heavy atom. The number of rotatable bonds is 2. The molecule has 0 aromatic heterocycles. The van der Waals surface area contributed by atoms with Crippen molar-refractivity contribution in [3.8, 4) is 0 Å². The van der Waals surface area contributed by atoms with Gasteiger partial charge in [0, 0.05) is 16.1 Å². The van der Waals surface area contributed by atoms with E-state index in [1.807, 2.05) is 0 Å². The highest BCUT2D eigenvalue weighted by Crippen LogP contribution is 2.25. The molecule has 0 spiro atoms. The van der Waals surface area contributed by atoms with Crippen LogP contribution in [0.5, 0.6) is 0 Å². The van der Waals surface area contributed by atoms with Crippen LogP contribution in [0.1, 0.15) is 20.7 Å². The van der Waals surface area contributed by atoms with Crippen molar-refractivity contribution in [3.05, 3.63) is 64.7 Å². The number of hydrogen-bond acceptors (Lipinski definition) is 4. The average Bonchev–Trinajstić information content (AvgIpc) is 2.71. The van der Waals surface area contributed by atoms with Crippen LogP contribution in [0, 0.1) is 0 Å². The maximum Gasteiger partial charge on any atom is 0.197 e. The van der Waals surface area contributed by atoms with Crippen molar-refractivity contribution in [1.82, 2.24) is 0 Å². The Kier molecular flexibility index (Phi) is 3.16. The minimum absolute atomic E-state index is 0.302. The molecule has 4 nitrogen and oxygen atoms in total. The monoisotopic (exact) mass is 284 g/mol. The molecule has 0 atom stereocenters. The molecule has 0 bridgehead atoms. The van der Waals surface area contributed by atoms with E-state index in [2.05, 4.69) is 10.2 Å². The molecular formula is C15H9ClN2O2. The van der Waals surface area contributed by atoms with Crippen molar-refractivity contribution in [2.45, 2.75) is 6.04 Å². The lowest BCUT2D eigenvalue weighted by Gasteiger charge is -1.98. The summed E-state index contributed by atoms with van der Waals surface area (Å²) in [6.45, 7) is 0. The molecule has 0 fully saturated rings. The van der Waals surface area contributed by atoms with Gasteiger partial charge in [-0.25, -0.2) is 0 Å². The van der Waals surface area contributed by atoms with E-state index in [1.54, 1.807) is 48.5 Å². The fourth-order valence-corrected chi connectivity index (χ4v) is 2.19. The average molecular weight is 285 g/mol. The quantitative estimate of drug-likeness (QED) is 0.621. The van der Waals surface area contributed by atoms with E-state index in [9.17, 15) is 9.59 Å². The molecule has 3 rings (SSSR count). The summed E-state index contributed by atoms with van der Waals surface area (Å²) in [6, 6.07) is 12.3. The number of hydrogen-bond donors (Lipinski definition) is 0. The molecule has 2 aromatic rings. The molecule has 1 aliphatic rings. The number of Topliss-reactive ketones (excluding diaryl/α,β-unsaturated/α-hetero) is 2. The number of fused-ring (bicyclic) bond motifs is 1. The predicted octanol–water partition coefficient (Wildman–Crippen LogP) is 3.87. The van der Waals surface area contributed by atoms with Crippen molar-refractivity contribution in [3.63, 3.8) is 0 Å². The van der Waals surface area contributed by atoms with E-state index in [4.69, 9.17) is 11.6 Å². The van der Waals surface area contributed by atoms with Crippen LogP contribution < -0.4 is 0 Å². The van der Waals surface area contributed by atoms with Crippen molar-refractivity contribution in [2.75, 3.05) is 0 Å². The van der Waals surface area contributed by atoms with Gasteiger partial charge in [0.15, 0.2) is 17.6 Å². The van der Waals surface area contributed by atoms with Gasteiger partial charge in [-0.1, -0.05) is 35.9 Å². The van der Waals surface area contributed by atoms with Crippen LogP contribution in [0.15, 0.2) is 58.8 Å². The first-order valence-corrected chi connectivity index (χ1v) is 6.38. The Morgan fingerprint density at radius 3 is 1.95 bits per heavy atom. The van der Waals surface area contributed by atoms with Crippen molar-refractivity contribution in [2.24, 2.45) is 10.2 Å². The number of carbonyl (C=O) groups excluding carboxylic acids is 2. The Balaban J connectivity index is 1.88. The van der Waals surface area contributed by atoms with Crippen molar-refractivity contribution >= 4 is 28.9 Å². The second-order valence-corrected chi connectivity index (χ2v) is 4.80. The third-order valence-electron chi connectivity index (χ3n) is 3.07. The van der Waals surface area contributed by atoms with Crippen LogP contribution in [0.4, 0.5) is 5.69 Å². The molecule has 0 radical (unpaired) electrons. The number of azo groups is 1. The van der Waals surface area contributed by atoms with Crippen LogP contribution in [0.2, 0.25) is 5.02 Å². The van der Waals surface area contributed by atoms with Gasteiger partial charge in [0.1, 0.15) is 0 Å². The summed E-state index contributed by atoms with van der Waals surface area (Å²) in [6.07, 6.45) is 0. The summed E-state index contributed by atoms with van der Waals surface area (Å²) in [7, 11) is 0. The molecule has 0 saturated heterocycles. The molecule has 5 heteroatoms. The van der Waals surface area contributed by atoms with E-state index in [-0.39, 0.29) is 11.6 Å². The minimum atomic E-state index is -1.07. The first-order chi connectivity index (χ1) is 9.66. The highest BCUT2D eigenvalue weighted by molar-refractivity contribution is 6.30. The lowest BCUT2D eigenvalue weighted by Crippen LogP contribution is -2.18. The second-order valence-electron chi connectivity index (χ2n) is 4.37. The number of benzene rings is 2. The van der Waals surface area contributed by atoms with Crippen LogP contribution in [-0.4, -0.2) is 17.6 Å². The molecule has 98 valence electrons. The van der Waals surface area contributed by atoms with Gasteiger partial charge in [-0.3, -0.25) is 9.59 Å². The largest absolute Gasteiger partial charge is 0.291 e. The van der Waals surface area contributed by atoms with Gasteiger partial charge < -0.3 is 0 Å². The smallest absolute Gasteiger partial charge is 0.197 e. The van der Waals surface area contributed by atoms with Gasteiger partial charge in [0.2, 0.25) is 0 Å². The molecule has 0 N–H and O–H groups in total. The zero-order valence-electron chi connectivity index (χ0n) is 10.3. The van der Waals surface area contributed by atoms with Crippen LogP contribution in [-0.2, 0) is 0 Å². The van der Waals surface area contributed by atoms with Gasteiger partial charge in [-0.2, -0.15) is 10.2 Å². The van der Waals surface area contributed by atoms with E-state index in [0.717, 1.165) is 0 Å². The summed E-state index contributed by atoms with van der Waals surface area (Å²) < 4.78 is 0. The molecule has 1 aliphatic carbocycles. The third-order valence-corrected chi connectivity index (χ3v) is 3.32. The van der Waals surface area contributed by atoms with Crippen molar-refractivity contribution < 1.29 is 9.59 Å². The summed E-state index contributed by atoms with van der Waals surface area (Å²) >= 11 is 5.77. The normalized spacial score (nSPS) is 15.1. The molecule has 0 heterocycles. The maximum atomic E-state index is 12.1. The molecule has 2 aromatic carbocycles. The molecule has 20 heavy (non-hydrogen) atoms. The Labute approximate surface area is 120 Å². The topological polar surface area (TPSA) is 58.9 Å². The molecule has 0 amide bonds. The molecule has 0 unspecified atom stereocenters. The molecular weight excluding hydrogens is 276 g/mol. The number of carbonyl (C=O) groups is 2. The maximum absolute atomic E-state index is 12.1. The molecule has 0 saturated carbocycles. The lowest BCUT2D eigenvalue weighted by atomic mass is 10.1. The predicted molar refractivity (Wildman–Crippen MR) is 74.9 cm³/mol. The van der Waals surface area contributed by atoms with E-state index >= 15 is 0 Å².